The molecule has 1 fully saturated rings. The number of carboxylic acids is 1. The Morgan fingerprint density at radius 2 is 2.14 bits per heavy atom. The Morgan fingerprint density at radius 1 is 1.48 bits per heavy atom. The van der Waals surface area contributed by atoms with E-state index in [1.807, 2.05) is 13.8 Å². The fourth-order valence-electron chi connectivity index (χ4n) is 2.67. The minimum atomic E-state index is -0.868. The van der Waals surface area contributed by atoms with Gasteiger partial charge >= 0.3 is 12.0 Å². The molecule has 21 heavy (non-hydrogen) atoms. The maximum absolute atomic E-state index is 12.6. The summed E-state index contributed by atoms with van der Waals surface area (Å²) < 4.78 is 0. The van der Waals surface area contributed by atoms with E-state index in [0.29, 0.717) is 44.8 Å². The number of amides is 2. The van der Waals surface area contributed by atoms with Crippen molar-refractivity contribution in [3.05, 3.63) is 0 Å². The Balaban J connectivity index is 2.78. The fraction of sp³-hybridized carbons (Fsp3) is 0.800. The number of hydrogen-bond donors (Lipinski definition) is 1. The fourth-order valence-corrected chi connectivity index (χ4v) is 2.67. The average Bonchev–Trinajstić information content (AvgIpc) is 2.42. The number of carboxylic acid groups (broad SMARTS) is 1. The first kappa shape index (κ1) is 17.3. The second-order valence-electron chi connectivity index (χ2n) is 6.42. The molecule has 1 aliphatic rings. The lowest BCUT2D eigenvalue weighted by Crippen LogP contribution is -2.53. The standard InChI is InChI=1S/C15H25N3O3/c1-12(2)10-17(9-5-7-16)14(21)18-8-4-6-15(3,11-18)13(19)20/h12H,4-6,8-11H2,1-3H3,(H,19,20). The van der Waals surface area contributed by atoms with Gasteiger partial charge in [-0.15, -0.1) is 0 Å². The van der Waals surface area contributed by atoms with Gasteiger partial charge in [-0.25, -0.2) is 4.79 Å². The minimum Gasteiger partial charge on any atom is -0.481 e. The summed E-state index contributed by atoms with van der Waals surface area (Å²) in [5.74, 6) is -0.546. The van der Waals surface area contributed by atoms with E-state index in [2.05, 4.69) is 6.07 Å². The number of rotatable bonds is 5. The number of piperidine rings is 1. The molecule has 1 N–H and O–H groups in total. The average molecular weight is 295 g/mol. The SMILES string of the molecule is CC(C)CN(CCC#N)C(=O)N1CCCC(C)(C(=O)O)C1. The Hall–Kier alpha value is -1.77. The quantitative estimate of drug-likeness (QED) is 0.842. The number of carbonyl (C=O) groups excluding carboxylic acids is 1. The van der Waals surface area contributed by atoms with Crippen LogP contribution in [0.15, 0.2) is 0 Å². The van der Waals surface area contributed by atoms with Crippen molar-refractivity contribution in [1.29, 1.82) is 5.26 Å². The molecule has 1 aliphatic heterocycles. The molecule has 0 aromatic carbocycles. The van der Waals surface area contributed by atoms with Crippen LogP contribution in [0.5, 0.6) is 0 Å². The van der Waals surface area contributed by atoms with Crippen LogP contribution in [0, 0.1) is 22.7 Å². The van der Waals surface area contributed by atoms with Crippen molar-refractivity contribution >= 4 is 12.0 Å². The number of hydrogen-bond acceptors (Lipinski definition) is 3. The molecular weight excluding hydrogens is 270 g/mol. The van der Waals surface area contributed by atoms with Gasteiger partial charge in [0.2, 0.25) is 0 Å². The molecule has 1 rings (SSSR count). The van der Waals surface area contributed by atoms with Crippen molar-refractivity contribution < 1.29 is 14.7 Å². The number of likely N-dealkylation sites (tertiary alicyclic amines) is 1. The third-order valence-corrected chi connectivity index (χ3v) is 3.83. The maximum atomic E-state index is 12.6. The summed E-state index contributed by atoms with van der Waals surface area (Å²) in [6.45, 7) is 7.53. The molecule has 0 radical (unpaired) electrons. The van der Waals surface area contributed by atoms with Crippen LogP contribution in [0.2, 0.25) is 0 Å². The van der Waals surface area contributed by atoms with Gasteiger partial charge in [-0.2, -0.15) is 5.26 Å². The predicted octanol–water partition coefficient (Wildman–Crippen LogP) is 2.16. The zero-order chi connectivity index (χ0) is 16.0. The van der Waals surface area contributed by atoms with E-state index in [-0.39, 0.29) is 12.6 Å². The van der Waals surface area contributed by atoms with Crippen LogP contribution in [-0.4, -0.2) is 53.1 Å². The molecular formula is C15H25N3O3. The summed E-state index contributed by atoms with van der Waals surface area (Å²) in [4.78, 5) is 27.3. The number of aliphatic carboxylic acids is 1. The molecule has 0 aromatic heterocycles. The van der Waals surface area contributed by atoms with Crippen molar-refractivity contribution in [3.8, 4) is 6.07 Å². The second kappa shape index (κ2) is 7.30. The molecule has 1 heterocycles. The van der Waals surface area contributed by atoms with E-state index in [4.69, 9.17) is 5.26 Å². The Bertz CT molecular complexity index is 430. The molecule has 0 saturated carbocycles. The van der Waals surface area contributed by atoms with E-state index in [0.717, 1.165) is 0 Å². The first-order valence-electron chi connectivity index (χ1n) is 7.44. The van der Waals surface area contributed by atoms with Gasteiger partial charge in [0, 0.05) is 26.2 Å². The third kappa shape index (κ3) is 4.62. The van der Waals surface area contributed by atoms with Crippen molar-refractivity contribution in [2.45, 2.75) is 40.0 Å². The number of carbonyl (C=O) groups is 2. The summed E-state index contributed by atoms with van der Waals surface area (Å²) >= 11 is 0. The van der Waals surface area contributed by atoms with Crippen LogP contribution in [-0.2, 0) is 4.79 Å². The lowest BCUT2D eigenvalue weighted by atomic mass is 9.82. The van der Waals surface area contributed by atoms with Crippen molar-refractivity contribution in [2.24, 2.45) is 11.3 Å². The van der Waals surface area contributed by atoms with Crippen LogP contribution in [0.25, 0.3) is 0 Å². The minimum absolute atomic E-state index is 0.147. The molecule has 0 bridgehead atoms. The van der Waals surface area contributed by atoms with Crippen LogP contribution < -0.4 is 0 Å². The van der Waals surface area contributed by atoms with Crippen LogP contribution in [0.4, 0.5) is 4.79 Å². The number of nitrogens with zero attached hydrogens (tertiary/aromatic N) is 3. The third-order valence-electron chi connectivity index (χ3n) is 3.83. The topological polar surface area (TPSA) is 84.6 Å². The zero-order valence-corrected chi connectivity index (χ0v) is 13.1. The Morgan fingerprint density at radius 3 is 2.67 bits per heavy atom. The maximum Gasteiger partial charge on any atom is 0.320 e. The summed E-state index contributed by atoms with van der Waals surface area (Å²) in [5, 5.41) is 18.0. The number of nitriles is 1. The van der Waals surface area contributed by atoms with Gasteiger partial charge in [0.05, 0.1) is 17.9 Å². The smallest absolute Gasteiger partial charge is 0.320 e. The molecule has 6 nitrogen and oxygen atoms in total. The first-order valence-corrected chi connectivity index (χ1v) is 7.44. The van der Waals surface area contributed by atoms with Gasteiger partial charge in [0.25, 0.3) is 0 Å². The van der Waals surface area contributed by atoms with Gasteiger partial charge in [-0.05, 0) is 25.7 Å². The Labute approximate surface area is 126 Å². The summed E-state index contributed by atoms with van der Waals surface area (Å²) in [7, 11) is 0. The highest BCUT2D eigenvalue weighted by molar-refractivity contribution is 5.78. The lowest BCUT2D eigenvalue weighted by molar-refractivity contribution is -0.150. The molecule has 0 spiro atoms. The van der Waals surface area contributed by atoms with Crippen molar-refractivity contribution in [3.63, 3.8) is 0 Å². The van der Waals surface area contributed by atoms with E-state index < -0.39 is 11.4 Å². The van der Waals surface area contributed by atoms with E-state index in [1.165, 1.54) is 0 Å². The Kier molecular flexibility index (Phi) is 6.01. The monoisotopic (exact) mass is 295 g/mol. The van der Waals surface area contributed by atoms with Crippen LogP contribution in [0.1, 0.15) is 40.0 Å². The largest absolute Gasteiger partial charge is 0.481 e. The first-order chi connectivity index (χ1) is 9.80. The van der Waals surface area contributed by atoms with Gasteiger partial charge in [0.1, 0.15) is 0 Å². The molecule has 0 aromatic rings. The van der Waals surface area contributed by atoms with Gasteiger partial charge in [0.15, 0.2) is 0 Å². The van der Waals surface area contributed by atoms with E-state index in [1.54, 1.807) is 16.7 Å². The van der Waals surface area contributed by atoms with Crippen molar-refractivity contribution in [2.75, 3.05) is 26.2 Å². The van der Waals surface area contributed by atoms with Gasteiger partial charge in [-0.3, -0.25) is 4.79 Å². The van der Waals surface area contributed by atoms with E-state index >= 15 is 0 Å². The second-order valence-corrected chi connectivity index (χ2v) is 6.42. The predicted molar refractivity (Wildman–Crippen MR) is 78.6 cm³/mol. The highest BCUT2D eigenvalue weighted by atomic mass is 16.4. The molecule has 0 aliphatic carbocycles. The summed E-state index contributed by atoms with van der Waals surface area (Å²) in [6.07, 6.45) is 1.58. The summed E-state index contributed by atoms with van der Waals surface area (Å²) in [6, 6.07) is 1.91. The highest BCUT2D eigenvalue weighted by Crippen LogP contribution is 2.30. The number of urea groups is 1. The normalized spacial score (nSPS) is 22.0. The molecule has 6 heteroatoms. The van der Waals surface area contributed by atoms with Crippen LogP contribution in [0.3, 0.4) is 0 Å². The van der Waals surface area contributed by atoms with Crippen molar-refractivity contribution in [1.82, 2.24) is 9.80 Å². The van der Waals surface area contributed by atoms with Gasteiger partial charge in [-0.1, -0.05) is 13.8 Å². The highest BCUT2D eigenvalue weighted by Gasteiger charge is 2.40. The van der Waals surface area contributed by atoms with E-state index in [9.17, 15) is 14.7 Å². The molecule has 2 amide bonds. The zero-order valence-electron chi connectivity index (χ0n) is 13.1. The van der Waals surface area contributed by atoms with Crippen LogP contribution >= 0.6 is 0 Å². The lowest BCUT2D eigenvalue weighted by Gasteiger charge is -2.40. The molecule has 1 atom stereocenters. The summed E-state index contributed by atoms with van der Waals surface area (Å²) in [5.41, 5.74) is -0.868. The molecule has 118 valence electrons. The van der Waals surface area contributed by atoms with Gasteiger partial charge < -0.3 is 14.9 Å². The molecule has 1 unspecified atom stereocenters. The molecule has 1 saturated heterocycles.